The smallest absolute Gasteiger partial charge is 0.403 e. The van der Waals surface area contributed by atoms with E-state index in [9.17, 15) is 0 Å². The van der Waals surface area contributed by atoms with Crippen molar-refractivity contribution < 1.29 is 9.31 Å². The molecule has 0 spiro atoms. The molecule has 0 aliphatic carbocycles. The Bertz CT molecular complexity index is 559. The van der Waals surface area contributed by atoms with Crippen LogP contribution in [0.15, 0.2) is 24.3 Å². The first-order valence-electron chi connectivity index (χ1n) is 6.57. The molecular weight excluding hydrogens is 257 g/mol. The van der Waals surface area contributed by atoms with E-state index >= 15 is 0 Å². The lowest BCUT2D eigenvalue weighted by Crippen LogP contribution is -2.41. The molecule has 1 aromatic carbocycles. The number of aromatic nitrogens is 1. The van der Waals surface area contributed by atoms with E-state index in [0.717, 1.165) is 10.5 Å². The topological polar surface area (TPSA) is 31.4 Å². The molecular formula is C14H18BNO2S. The second-order valence-electron chi connectivity index (χ2n) is 5.97. The van der Waals surface area contributed by atoms with Crippen LogP contribution in [0.1, 0.15) is 32.7 Å². The molecule has 5 heteroatoms. The first kappa shape index (κ1) is 13.1. The molecule has 0 bridgehead atoms. The molecule has 1 aromatic heterocycles. The van der Waals surface area contributed by atoms with Gasteiger partial charge in [0, 0.05) is 6.32 Å². The third kappa shape index (κ3) is 2.31. The van der Waals surface area contributed by atoms with E-state index in [4.69, 9.17) is 9.31 Å². The highest BCUT2D eigenvalue weighted by atomic mass is 32.1. The van der Waals surface area contributed by atoms with E-state index in [1.165, 1.54) is 4.70 Å². The predicted molar refractivity (Wildman–Crippen MR) is 79.4 cm³/mol. The first-order valence-corrected chi connectivity index (χ1v) is 7.39. The molecule has 0 amide bonds. The van der Waals surface area contributed by atoms with Gasteiger partial charge in [-0.15, -0.1) is 11.3 Å². The number of hydrogen-bond donors (Lipinski definition) is 0. The zero-order chi connectivity index (χ0) is 13.7. The molecule has 19 heavy (non-hydrogen) atoms. The third-order valence-electron chi connectivity index (χ3n) is 3.98. The van der Waals surface area contributed by atoms with Crippen molar-refractivity contribution in [3.8, 4) is 0 Å². The fourth-order valence-electron chi connectivity index (χ4n) is 2.20. The summed E-state index contributed by atoms with van der Waals surface area (Å²) >= 11 is 1.71. The maximum atomic E-state index is 6.01. The van der Waals surface area contributed by atoms with Gasteiger partial charge >= 0.3 is 7.12 Å². The van der Waals surface area contributed by atoms with Gasteiger partial charge in [0.05, 0.1) is 26.4 Å². The third-order valence-corrected chi connectivity index (χ3v) is 5.04. The molecule has 0 N–H and O–H groups in total. The van der Waals surface area contributed by atoms with Crippen molar-refractivity contribution in [2.75, 3.05) is 0 Å². The van der Waals surface area contributed by atoms with Crippen LogP contribution in [-0.4, -0.2) is 23.3 Å². The van der Waals surface area contributed by atoms with Gasteiger partial charge < -0.3 is 9.31 Å². The summed E-state index contributed by atoms with van der Waals surface area (Å²) in [4.78, 5) is 4.63. The Kier molecular flexibility index (Phi) is 2.96. The maximum Gasteiger partial charge on any atom is 0.464 e. The summed E-state index contributed by atoms with van der Waals surface area (Å²) in [6.07, 6.45) is 0.714. The van der Waals surface area contributed by atoms with Crippen molar-refractivity contribution in [2.45, 2.75) is 45.2 Å². The molecule has 1 saturated heterocycles. The number of para-hydroxylation sites is 1. The molecule has 1 aliphatic heterocycles. The van der Waals surface area contributed by atoms with E-state index in [0.29, 0.717) is 6.32 Å². The lowest BCUT2D eigenvalue weighted by Gasteiger charge is -2.32. The van der Waals surface area contributed by atoms with Gasteiger partial charge in [0.1, 0.15) is 0 Å². The number of benzene rings is 1. The van der Waals surface area contributed by atoms with Crippen LogP contribution in [0.4, 0.5) is 0 Å². The van der Waals surface area contributed by atoms with Crippen LogP contribution in [0.2, 0.25) is 0 Å². The van der Waals surface area contributed by atoms with Gasteiger partial charge in [-0.3, -0.25) is 0 Å². The summed E-state index contributed by atoms with van der Waals surface area (Å²) in [5, 5.41) is 1.07. The zero-order valence-electron chi connectivity index (χ0n) is 11.8. The minimum Gasteiger partial charge on any atom is -0.403 e. The normalized spacial score (nSPS) is 21.2. The molecule has 100 valence electrons. The first-order chi connectivity index (χ1) is 8.87. The molecule has 0 unspecified atom stereocenters. The monoisotopic (exact) mass is 275 g/mol. The maximum absolute atomic E-state index is 6.01. The molecule has 3 rings (SSSR count). The van der Waals surface area contributed by atoms with E-state index in [-0.39, 0.29) is 18.3 Å². The SMILES string of the molecule is CC1(C)OB(Cc2nc3ccccc3s2)OC1(C)C. The van der Waals surface area contributed by atoms with Crippen molar-refractivity contribution in [3.05, 3.63) is 29.3 Å². The highest BCUT2D eigenvalue weighted by Gasteiger charge is 2.51. The summed E-state index contributed by atoms with van der Waals surface area (Å²) in [5.74, 6) is 0. The van der Waals surface area contributed by atoms with Crippen LogP contribution < -0.4 is 0 Å². The molecule has 0 saturated carbocycles. The fraction of sp³-hybridized carbons (Fsp3) is 0.500. The van der Waals surface area contributed by atoms with Crippen molar-refractivity contribution in [3.63, 3.8) is 0 Å². The van der Waals surface area contributed by atoms with Gasteiger partial charge in [0.2, 0.25) is 0 Å². The second-order valence-corrected chi connectivity index (χ2v) is 7.08. The minimum absolute atomic E-state index is 0.203. The Morgan fingerprint density at radius 2 is 1.74 bits per heavy atom. The zero-order valence-corrected chi connectivity index (χ0v) is 12.6. The molecule has 1 aliphatic rings. The summed E-state index contributed by atoms with van der Waals surface area (Å²) < 4.78 is 13.2. The van der Waals surface area contributed by atoms with Crippen LogP contribution in [-0.2, 0) is 15.6 Å². The van der Waals surface area contributed by atoms with Crippen molar-refractivity contribution >= 4 is 28.7 Å². The lowest BCUT2D eigenvalue weighted by molar-refractivity contribution is 0.00578. The molecule has 0 radical (unpaired) electrons. The van der Waals surface area contributed by atoms with Gasteiger partial charge in [0.15, 0.2) is 0 Å². The lowest BCUT2D eigenvalue weighted by atomic mass is 9.85. The fourth-order valence-corrected chi connectivity index (χ4v) is 3.18. The van der Waals surface area contributed by atoms with E-state index in [1.807, 2.05) is 18.2 Å². The largest absolute Gasteiger partial charge is 0.464 e. The Balaban J connectivity index is 1.79. The Morgan fingerprint density at radius 3 is 2.37 bits per heavy atom. The number of nitrogens with zero attached hydrogens (tertiary/aromatic N) is 1. The van der Waals surface area contributed by atoms with Crippen LogP contribution >= 0.6 is 11.3 Å². The highest BCUT2D eigenvalue weighted by Crippen LogP contribution is 2.37. The summed E-state index contributed by atoms with van der Waals surface area (Å²) in [6, 6.07) is 8.19. The molecule has 0 atom stereocenters. The molecule has 1 fully saturated rings. The molecule has 2 heterocycles. The average Bonchev–Trinajstić information content (AvgIpc) is 2.76. The van der Waals surface area contributed by atoms with E-state index < -0.39 is 0 Å². The Hall–Kier alpha value is -0.905. The average molecular weight is 275 g/mol. The second kappa shape index (κ2) is 4.30. The van der Waals surface area contributed by atoms with Gasteiger partial charge in [0.25, 0.3) is 0 Å². The van der Waals surface area contributed by atoms with Crippen LogP contribution in [0, 0.1) is 0 Å². The number of hydrogen-bond acceptors (Lipinski definition) is 4. The quantitative estimate of drug-likeness (QED) is 0.786. The number of rotatable bonds is 2. The van der Waals surface area contributed by atoms with Crippen LogP contribution in [0.5, 0.6) is 0 Å². The van der Waals surface area contributed by atoms with Gasteiger partial charge in [-0.25, -0.2) is 4.98 Å². The van der Waals surface area contributed by atoms with Crippen molar-refractivity contribution in [1.29, 1.82) is 0 Å². The number of thiazole rings is 1. The van der Waals surface area contributed by atoms with E-state index in [1.54, 1.807) is 11.3 Å². The minimum atomic E-state index is -0.269. The highest BCUT2D eigenvalue weighted by molar-refractivity contribution is 7.18. The Labute approximate surface area is 118 Å². The predicted octanol–water partition coefficient (Wildman–Crippen LogP) is 3.47. The molecule has 2 aromatic rings. The van der Waals surface area contributed by atoms with Gasteiger partial charge in [-0.1, -0.05) is 12.1 Å². The van der Waals surface area contributed by atoms with Crippen LogP contribution in [0.25, 0.3) is 10.2 Å². The Morgan fingerprint density at radius 1 is 1.11 bits per heavy atom. The summed E-state index contributed by atoms with van der Waals surface area (Å²) in [7, 11) is -0.203. The summed E-state index contributed by atoms with van der Waals surface area (Å²) in [6.45, 7) is 8.30. The van der Waals surface area contributed by atoms with Gasteiger partial charge in [-0.05, 0) is 39.8 Å². The van der Waals surface area contributed by atoms with Crippen LogP contribution in [0.3, 0.4) is 0 Å². The standard InChI is InChI=1S/C14H18BNO2S/c1-13(2)14(3,4)18-15(17-13)9-12-16-10-7-5-6-8-11(10)19-12/h5-8H,9H2,1-4H3. The number of fused-ring (bicyclic) bond motifs is 1. The molecule has 3 nitrogen and oxygen atoms in total. The van der Waals surface area contributed by atoms with E-state index in [2.05, 4.69) is 38.7 Å². The van der Waals surface area contributed by atoms with Crippen molar-refractivity contribution in [2.24, 2.45) is 0 Å². The summed E-state index contributed by atoms with van der Waals surface area (Å²) in [5.41, 5.74) is 0.516. The van der Waals surface area contributed by atoms with Gasteiger partial charge in [-0.2, -0.15) is 0 Å². The van der Waals surface area contributed by atoms with Crippen molar-refractivity contribution in [1.82, 2.24) is 4.98 Å².